The van der Waals surface area contributed by atoms with Gasteiger partial charge in [-0.25, -0.2) is 8.42 Å². The monoisotopic (exact) mass is 296 g/mol. The van der Waals surface area contributed by atoms with Crippen molar-refractivity contribution >= 4 is 32.5 Å². The van der Waals surface area contributed by atoms with Crippen molar-refractivity contribution in [3.63, 3.8) is 0 Å². The minimum Gasteiger partial charge on any atom is -0.398 e. The Labute approximate surface area is 117 Å². The van der Waals surface area contributed by atoms with Crippen molar-refractivity contribution in [1.82, 2.24) is 0 Å². The first kappa shape index (κ1) is 13.9. The second-order valence-electron chi connectivity index (χ2n) is 4.40. The third-order valence-electron chi connectivity index (χ3n) is 2.86. The number of nitrogens with two attached hydrogens (primary N) is 1. The van der Waals surface area contributed by atoms with Gasteiger partial charge in [0.25, 0.3) is 0 Å². The Morgan fingerprint density at radius 1 is 1.32 bits per heavy atom. The molecule has 4 nitrogen and oxygen atoms in total. The maximum Gasteiger partial charge on any atom is 0.175 e. The second kappa shape index (κ2) is 5.22. The first-order valence-corrected chi connectivity index (χ1v) is 8.51. The van der Waals surface area contributed by atoms with Gasteiger partial charge in [-0.2, -0.15) is 0 Å². The predicted octanol–water partition coefficient (Wildman–Crippen LogP) is 2.65. The fourth-order valence-electron chi connectivity index (χ4n) is 1.69. The van der Waals surface area contributed by atoms with E-state index in [4.69, 9.17) is 5.73 Å². The molecular formula is C13H16N2O2S2. The number of aryl methyl sites for hydroxylation is 1. The van der Waals surface area contributed by atoms with Crippen LogP contribution in [-0.4, -0.2) is 14.7 Å². The van der Waals surface area contributed by atoms with Gasteiger partial charge >= 0.3 is 0 Å². The molecule has 0 atom stereocenters. The van der Waals surface area contributed by atoms with Crippen LogP contribution >= 0.6 is 11.3 Å². The average molecular weight is 296 g/mol. The highest BCUT2D eigenvalue weighted by atomic mass is 32.2. The molecule has 1 aromatic carbocycles. The van der Waals surface area contributed by atoms with E-state index in [-0.39, 0.29) is 0 Å². The van der Waals surface area contributed by atoms with Gasteiger partial charge in [-0.1, -0.05) is 6.07 Å². The van der Waals surface area contributed by atoms with Crippen LogP contribution < -0.4 is 11.1 Å². The Morgan fingerprint density at radius 3 is 2.63 bits per heavy atom. The van der Waals surface area contributed by atoms with E-state index in [1.165, 1.54) is 6.26 Å². The average Bonchev–Trinajstić information content (AvgIpc) is 2.72. The van der Waals surface area contributed by atoms with Crippen LogP contribution in [0, 0.1) is 6.92 Å². The molecule has 1 aromatic heterocycles. The van der Waals surface area contributed by atoms with Crippen molar-refractivity contribution in [3.05, 3.63) is 40.1 Å². The lowest BCUT2D eigenvalue weighted by molar-refractivity contribution is 0.602. The van der Waals surface area contributed by atoms with Gasteiger partial charge in [0.1, 0.15) is 0 Å². The van der Waals surface area contributed by atoms with E-state index in [1.54, 1.807) is 29.5 Å². The quantitative estimate of drug-likeness (QED) is 0.910. The Morgan fingerprint density at radius 2 is 2.05 bits per heavy atom. The molecule has 19 heavy (non-hydrogen) atoms. The molecule has 6 heteroatoms. The normalized spacial score (nSPS) is 11.5. The topological polar surface area (TPSA) is 72.2 Å². The van der Waals surface area contributed by atoms with Gasteiger partial charge in [0.05, 0.1) is 11.4 Å². The van der Waals surface area contributed by atoms with Gasteiger partial charge in [0, 0.05) is 22.5 Å². The molecule has 0 saturated carbocycles. The second-order valence-corrected chi connectivity index (χ2v) is 7.42. The fraction of sp³-hybridized carbons (Fsp3) is 0.231. The van der Waals surface area contributed by atoms with Gasteiger partial charge in [0.2, 0.25) is 0 Å². The highest BCUT2D eigenvalue weighted by Crippen LogP contribution is 2.24. The van der Waals surface area contributed by atoms with E-state index in [2.05, 4.69) is 5.32 Å². The highest BCUT2D eigenvalue weighted by Gasteiger charge is 2.09. The highest BCUT2D eigenvalue weighted by molar-refractivity contribution is 7.90. The van der Waals surface area contributed by atoms with E-state index in [9.17, 15) is 8.42 Å². The Kier molecular flexibility index (Phi) is 3.82. The summed E-state index contributed by atoms with van der Waals surface area (Å²) in [4.78, 5) is 1.36. The molecule has 0 aliphatic carbocycles. The minimum absolute atomic E-state index is 0.319. The third-order valence-corrected chi connectivity index (χ3v) is 4.90. The number of anilines is 2. The molecule has 102 valence electrons. The summed E-state index contributed by atoms with van der Waals surface area (Å²) in [5, 5.41) is 5.17. The fourth-order valence-corrected chi connectivity index (χ4v) is 3.08. The van der Waals surface area contributed by atoms with Gasteiger partial charge < -0.3 is 11.1 Å². The summed E-state index contributed by atoms with van der Waals surface area (Å²) in [6.45, 7) is 2.53. The molecular weight excluding hydrogens is 280 g/mol. The molecule has 0 spiro atoms. The van der Waals surface area contributed by atoms with E-state index in [0.717, 1.165) is 21.8 Å². The van der Waals surface area contributed by atoms with Gasteiger partial charge in [-0.05, 0) is 36.1 Å². The largest absolute Gasteiger partial charge is 0.398 e. The zero-order valence-electron chi connectivity index (χ0n) is 10.8. The number of hydrogen-bond acceptors (Lipinski definition) is 5. The van der Waals surface area contributed by atoms with Crippen molar-refractivity contribution in [2.24, 2.45) is 0 Å². The van der Waals surface area contributed by atoms with Crippen LogP contribution in [0.4, 0.5) is 11.4 Å². The van der Waals surface area contributed by atoms with Crippen LogP contribution in [0.5, 0.6) is 0 Å². The smallest absolute Gasteiger partial charge is 0.175 e. The first-order valence-electron chi connectivity index (χ1n) is 5.74. The number of rotatable bonds is 4. The van der Waals surface area contributed by atoms with Crippen molar-refractivity contribution in [2.45, 2.75) is 18.4 Å². The SMILES string of the molecule is Cc1ccc(S(C)(=O)=O)cc1NCc1sccc1N. The predicted molar refractivity (Wildman–Crippen MR) is 80.3 cm³/mol. The Bertz CT molecular complexity index is 690. The van der Waals surface area contributed by atoms with Gasteiger partial charge in [-0.3, -0.25) is 0 Å². The molecule has 0 aliphatic heterocycles. The molecule has 0 fully saturated rings. The molecule has 0 amide bonds. The number of nitrogens with one attached hydrogen (secondary N) is 1. The number of hydrogen-bond donors (Lipinski definition) is 2. The van der Waals surface area contributed by atoms with Crippen LogP contribution in [0.25, 0.3) is 0 Å². The summed E-state index contributed by atoms with van der Waals surface area (Å²) < 4.78 is 23.1. The van der Waals surface area contributed by atoms with Crippen molar-refractivity contribution in [1.29, 1.82) is 0 Å². The van der Waals surface area contributed by atoms with Crippen molar-refractivity contribution < 1.29 is 8.42 Å². The Balaban J connectivity index is 2.23. The standard InChI is InChI=1S/C13H16N2O2S2/c1-9-3-4-10(19(2,16)17)7-12(9)15-8-13-11(14)5-6-18-13/h3-7,15H,8,14H2,1-2H3. The van der Waals surface area contributed by atoms with Gasteiger partial charge in [-0.15, -0.1) is 11.3 Å². The lowest BCUT2D eigenvalue weighted by Crippen LogP contribution is -2.04. The summed E-state index contributed by atoms with van der Waals surface area (Å²) in [5.74, 6) is 0. The van der Waals surface area contributed by atoms with E-state index in [0.29, 0.717) is 11.4 Å². The summed E-state index contributed by atoms with van der Waals surface area (Å²) in [6, 6.07) is 6.95. The van der Waals surface area contributed by atoms with Crippen LogP contribution in [0.3, 0.4) is 0 Å². The lowest BCUT2D eigenvalue weighted by Gasteiger charge is -2.10. The molecule has 2 rings (SSSR count). The zero-order valence-corrected chi connectivity index (χ0v) is 12.4. The number of thiophene rings is 1. The van der Waals surface area contributed by atoms with Crippen molar-refractivity contribution in [3.8, 4) is 0 Å². The minimum atomic E-state index is -3.18. The molecule has 0 bridgehead atoms. The van der Waals surface area contributed by atoms with E-state index >= 15 is 0 Å². The number of nitrogen functional groups attached to an aromatic ring is 1. The van der Waals surface area contributed by atoms with Gasteiger partial charge in [0.15, 0.2) is 9.84 Å². The van der Waals surface area contributed by atoms with Crippen LogP contribution in [0.15, 0.2) is 34.5 Å². The first-order chi connectivity index (χ1) is 8.88. The van der Waals surface area contributed by atoms with E-state index in [1.807, 2.05) is 18.4 Å². The molecule has 1 heterocycles. The van der Waals surface area contributed by atoms with Crippen LogP contribution in [0.1, 0.15) is 10.4 Å². The zero-order chi connectivity index (χ0) is 14.0. The lowest BCUT2D eigenvalue weighted by atomic mass is 10.2. The molecule has 2 aromatic rings. The molecule has 0 aliphatic rings. The molecule has 3 N–H and O–H groups in total. The summed E-state index contributed by atoms with van der Waals surface area (Å²) >= 11 is 1.58. The molecule has 0 radical (unpaired) electrons. The Hall–Kier alpha value is -1.53. The third kappa shape index (κ3) is 3.27. The van der Waals surface area contributed by atoms with E-state index < -0.39 is 9.84 Å². The summed E-state index contributed by atoms with van der Waals surface area (Å²) in [7, 11) is -3.18. The number of sulfone groups is 1. The number of benzene rings is 1. The van der Waals surface area contributed by atoms with Crippen LogP contribution in [-0.2, 0) is 16.4 Å². The maximum atomic E-state index is 11.5. The molecule has 0 unspecified atom stereocenters. The molecule has 0 saturated heterocycles. The van der Waals surface area contributed by atoms with Crippen molar-refractivity contribution in [2.75, 3.05) is 17.3 Å². The summed E-state index contributed by atoms with van der Waals surface area (Å²) in [5.41, 5.74) is 8.39. The maximum absolute atomic E-state index is 11.5. The summed E-state index contributed by atoms with van der Waals surface area (Å²) in [6.07, 6.45) is 1.21. The van der Waals surface area contributed by atoms with Crippen LogP contribution in [0.2, 0.25) is 0 Å².